The lowest BCUT2D eigenvalue weighted by Crippen LogP contribution is -2.37. The van der Waals surface area contributed by atoms with E-state index in [-0.39, 0.29) is 5.41 Å². The Hall–Kier alpha value is -0.900. The summed E-state index contributed by atoms with van der Waals surface area (Å²) in [6.45, 7) is 8.63. The zero-order valence-electron chi connectivity index (χ0n) is 13.2. The van der Waals surface area contributed by atoms with E-state index in [9.17, 15) is 0 Å². The van der Waals surface area contributed by atoms with Crippen LogP contribution in [-0.2, 0) is 16.1 Å². The Balaban J connectivity index is 2.33. The van der Waals surface area contributed by atoms with Crippen molar-refractivity contribution in [3.05, 3.63) is 35.9 Å². The van der Waals surface area contributed by atoms with Crippen LogP contribution in [0.25, 0.3) is 0 Å². The summed E-state index contributed by atoms with van der Waals surface area (Å²) in [6.07, 6.45) is 2.35. The van der Waals surface area contributed by atoms with Gasteiger partial charge in [-0.1, -0.05) is 50.6 Å². The van der Waals surface area contributed by atoms with E-state index in [4.69, 9.17) is 9.47 Å². The maximum atomic E-state index is 5.92. The first-order valence-electron chi connectivity index (χ1n) is 7.51. The molecule has 1 rings (SSSR count). The van der Waals surface area contributed by atoms with Crippen LogP contribution >= 0.6 is 0 Å². The number of ether oxygens (including phenoxy) is 2. The third-order valence-corrected chi connectivity index (χ3v) is 3.45. The Morgan fingerprint density at radius 3 is 2.60 bits per heavy atom. The summed E-state index contributed by atoms with van der Waals surface area (Å²) >= 11 is 0. The summed E-state index contributed by atoms with van der Waals surface area (Å²) in [6, 6.07) is 10.3. The molecule has 0 amide bonds. The van der Waals surface area contributed by atoms with Crippen LogP contribution in [0.2, 0.25) is 0 Å². The van der Waals surface area contributed by atoms with Crippen LogP contribution in [-0.4, -0.2) is 33.4 Å². The lowest BCUT2D eigenvalue weighted by Gasteiger charge is -2.29. The lowest BCUT2D eigenvalue weighted by atomic mass is 9.86. The number of hydrogen-bond acceptors (Lipinski definition) is 3. The standard InChI is InChI=1S/C17H29NO2/c1-4-10-17(2,14-18-11-12-19-3)15-20-13-16-8-6-5-7-9-16/h5-9,18H,4,10-15H2,1-3H3. The third kappa shape index (κ3) is 7.04. The second-order valence-corrected chi connectivity index (χ2v) is 5.71. The molecule has 1 aromatic carbocycles. The highest BCUT2D eigenvalue weighted by Gasteiger charge is 2.23. The quantitative estimate of drug-likeness (QED) is 0.631. The Morgan fingerprint density at radius 1 is 1.20 bits per heavy atom. The molecule has 0 bridgehead atoms. The zero-order chi connectivity index (χ0) is 14.7. The minimum atomic E-state index is 0.192. The highest BCUT2D eigenvalue weighted by molar-refractivity contribution is 5.13. The van der Waals surface area contributed by atoms with Crippen molar-refractivity contribution in [1.82, 2.24) is 5.32 Å². The Morgan fingerprint density at radius 2 is 1.95 bits per heavy atom. The molecule has 0 aliphatic carbocycles. The van der Waals surface area contributed by atoms with Crippen molar-refractivity contribution in [2.75, 3.05) is 33.4 Å². The van der Waals surface area contributed by atoms with Gasteiger partial charge < -0.3 is 14.8 Å². The molecular weight excluding hydrogens is 250 g/mol. The molecule has 0 saturated heterocycles. The second kappa shape index (κ2) is 9.92. The summed E-state index contributed by atoms with van der Waals surface area (Å²) in [5.41, 5.74) is 1.43. The van der Waals surface area contributed by atoms with E-state index in [0.29, 0.717) is 6.61 Å². The zero-order valence-corrected chi connectivity index (χ0v) is 13.2. The minimum absolute atomic E-state index is 0.192. The topological polar surface area (TPSA) is 30.5 Å². The molecular formula is C17H29NO2. The first-order valence-corrected chi connectivity index (χ1v) is 7.51. The molecule has 1 aromatic rings. The van der Waals surface area contributed by atoms with Gasteiger partial charge in [0.1, 0.15) is 0 Å². The van der Waals surface area contributed by atoms with Crippen LogP contribution in [0.15, 0.2) is 30.3 Å². The molecule has 0 aliphatic rings. The van der Waals surface area contributed by atoms with Crippen LogP contribution in [0.4, 0.5) is 0 Å². The number of benzene rings is 1. The Labute approximate surface area is 123 Å². The van der Waals surface area contributed by atoms with Gasteiger partial charge in [-0.2, -0.15) is 0 Å². The molecule has 114 valence electrons. The summed E-state index contributed by atoms with van der Waals surface area (Å²) in [7, 11) is 1.73. The van der Waals surface area contributed by atoms with Crippen LogP contribution in [0.5, 0.6) is 0 Å². The fraction of sp³-hybridized carbons (Fsp3) is 0.647. The lowest BCUT2D eigenvalue weighted by molar-refractivity contribution is 0.0364. The summed E-state index contributed by atoms with van der Waals surface area (Å²) in [4.78, 5) is 0. The van der Waals surface area contributed by atoms with Crippen LogP contribution < -0.4 is 5.32 Å². The van der Waals surface area contributed by atoms with Crippen LogP contribution in [0.3, 0.4) is 0 Å². The number of hydrogen-bond donors (Lipinski definition) is 1. The van der Waals surface area contributed by atoms with Gasteiger partial charge in [-0.15, -0.1) is 0 Å². The van der Waals surface area contributed by atoms with Gasteiger partial charge in [0.25, 0.3) is 0 Å². The molecule has 1 atom stereocenters. The van der Waals surface area contributed by atoms with E-state index in [1.165, 1.54) is 18.4 Å². The molecule has 0 radical (unpaired) electrons. The van der Waals surface area contributed by atoms with Gasteiger partial charge >= 0.3 is 0 Å². The van der Waals surface area contributed by atoms with E-state index in [1.54, 1.807) is 7.11 Å². The molecule has 0 saturated carbocycles. The maximum Gasteiger partial charge on any atom is 0.0717 e. The molecule has 1 unspecified atom stereocenters. The molecule has 3 heteroatoms. The highest BCUT2D eigenvalue weighted by atomic mass is 16.5. The van der Waals surface area contributed by atoms with Crippen molar-refractivity contribution >= 4 is 0 Å². The average molecular weight is 279 g/mol. The monoisotopic (exact) mass is 279 g/mol. The first kappa shape index (κ1) is 17.2. The second-order valence-electron chi connectivity index (χ2n) is 5.71. The summed E-state index contributed by atoms with van der Waals surface area (Å²) < 4.78 is 11.0. The van der Waals surface area contributed by atoms with Crippen molar-refractivity contribution in [2.45, 2.75) is 33.3 Å². The maximum absolute atomic E-state index is 5.92. The van der Waals surface area contributed by atoms with Gasteiger partial charge in [0.15, 0.2) is 0 Å². The number of methoxy groups -OCH3 is 1. The molecule has 0 heterocycles. The van der Waals surface area contributed by atoms with Crippen LogP contribution in [0, 0.1) is 5.41 Å². The Bertz CT molecular complexity index is 342. The number of rotatable bonds is 11. The number of nitrogens with one attached hydrogen (secondary N) is 1. The average Bonchev–Trinajstić information content (AvgIpc) is 2.45. The van der Waals surface area contributed by atoms with Gasteiger partial charge in [-0.3, -0.25) is 0 Å². The minimum Gasteiger partial charge on any atom is -0.383 e. The molecule has 3 nitrogen and oxygen atoms in total. The van der Waals surface area contributed by atoms with E-state index < -0.39 is 0 Å². The summed E-state index contributed by atoms with van der Waals surface area (Å²) in [5.74, 6) is 0. The smallest absolute Gasteiger partial charge is 0.0717 e. The van der Waals surface area contributed by atoms with Crippen molar-refractivity contribution in [2.24, 2.45) is 5.41 Å². The SMILES string of the molecule is CCCC(C)(CNCCOC)COCc1ccccc1. The van der Waals surface area contributed by atoms with Gasteiger partial charge in [0.05, 0.1) is 19.8 Å². The fourth-order valence-corrected chi connectivity index (χ4v) is 2.37. The molecule has 0 spiro atoms. The first-order chi connectivity index (χ1) is 9.70. The molecule has 1 N–H and O–H groups in total. The summed E-state index contributed by atoms with van der Waals surface area (Å²) in [5, 5.41) is 3.46. The van der Waals surface area contributed by atoms with Crippen molar-refractivity contribution in [3.8, 4) is 0 Å². The van der Waals surface area contributed by atoms with E-state index in [0.717, 1.165) is 26.3 Å². The normalized spacial score (nSPS) is 14.2. The van der Waals surface area contributed by atoms with E-state index >= 15 is 0 Å². The molecule has 0 aromatic heterocycles. The fourth-order valence-electron chi connectivity index (χ4n) is 2.37. The van der Waals surface area contributed by atoms with E-state index in [2.05, 4.69) is 43.4 Å². The van der Waals surface area contributed by atoms with Gasteiger partial charge in [-0.25, -0.2) is 0 Å². The molecule has 0 aliphatic heterocycles. The van der Waals surface area contributed by atoms with Crippen LogP contribution in [0.1, 0.15) is 32.3 Å². The largest absolute Gasteiger partial charge is 0.383 e. The van der Waals surface area contributed by atoms with Gasteiger partial charge in [0, 0.05) is 25.6 Å². The van der Waals surface area contributed by atoms with Gasteiger partial charge in [0.2, 0.25) is 0 Å². The Kier molecular flexibility index (Phi) is 8.51. The predicted octanol–water partition coefficient (Wildman–Crippen LogP) is 3.25. The predicted molar refractivity (Wildman–Crippen MR) is 83.9 cm³/mol. The van der Waals surface area contributed by atoms with Crippen molar-refractivity contribution in [1.29, 1.82) is 0 Å². The molecule has 0 fully saturated rings. The van der Waals surface area contributed by atoms with Crippen molar-refractivity contribution in [3.63, 3.8) is 0 Å². The van der Waals surface area contributed by atoms with Gasteiger partial charge in [-0.05, 0) is 12.0 Å². The van der Waals surface area contributed by atoms with Crippen molar-refractivity contribution < 1.29 is 9.47 Å². The highest BCUT2D eigenvalue weighted by Crippen LogP contribution is 2.23. The van der Waals surface area contributed by atoms with E-state index in [1.807, 2.05) is 6.07 Å². The third-order valence-electron chi connectivity index (χ3n) is 3.45. The molecule has 20 heavy (non-hydrogen) atoms.